The summed E-state index contributed by atoms with van der Waals surface area (Å²) in [7, 11) is 3.73. The maximum Gasteiger partial charge on any atom is 0.329 e. The van der Waals surface area contributed by atoms with Gasteiger partial charge < -0.3 is 20.6 Å². The van der Waals surface area contributed by atoms with E-state index in [-0.39, 0.29) is 0 Å². The molecule has 0 aliphatic heterocycles. The fourth-order valence-corrected chi connectivity index (χ4v) is 1.67. The van der Waals surface area contributed by atoms with E-state index in [2.05, 4.69) is 10.6 Å². The number of amides is 2. The zero-order valence-electron chi connectivity index (χ0n) is 12.2. The average Bonchev–Trinajstić information content (AvgIpc) is 2.38. The molecule has 0 radical (unpaired) electrons. The van der Waals surface area contributed by atoms with Gasteiger partial charge in [0.15, 0.2) is 0 Å². The lowest BCUT2D eigenvalue weighted by Crippen LogP contribution is -2.53. The Balaban J connectivity index is 2.84. The van der Waals surface area contributed by atoms with Crippen LogP contribution in [0.2, 0.25) is 0 Å². The molecule has 0 fully saturated rings. The summed E-state index contributed by atoms with van der Waals surface area (Å²) >= 11 is 0. The highest BCUT2D eigenvalue weighted by atomic mass is 16.4. The maximum absolute atomic E-state index is 12.0. The molecule has 0 bridgehead atoms. The number of carbonyl (C=O) groups excluding carboxylic acids is 1. The van der Waals surface area contributed by atoms with Gasteiger partial charge in [-0.2, -0.15) is 0 Å². The molecule has 2 amide bonds. The van der Waals surface area contributed by atoms with Gasteiger partial charge in [0.2, 0.25) is 0 Å². The number of carboxylic acid groups (broad SMARTS) is 1. The van der Waals surface area contributed by atoms with Crippen LogP contribution in [0.3, 0.4) is 0 Å². The van der Waals surface area contributed by atoms with E-state index in [0.717, 1.165) is 5.69 Å². The van der Waals surface area contributed by atoms with Crippen LogP contribution < -0.4 is 15.5 Å². The third kappa shape index (κ3) is 3.63. The van der Waals surface area contributed by atoms with Crippen LogP contribution in [0.15, 0.2) is 24.3 Å². The van der Waals surface area contributed by atoms with Crippen molar-refractivity contribution in [2.24, 2.45) is 0 Å². The van der Waals surface area contributed by atoms with Crippen molar-refractivity contribution in [2.45, 2.75) is 25.8 Å². The van der Waals surface area contributed by atoms with Crippen molar-refractivity contribution in [3.05, 3.63) is 24.3 Å². The molecule has 0 saturated carbocycles. The van der Waals surface area contributed by atoms with Gasteiger partial charge in [-0.3, -0.25) is 0 Å². The number of nitrogens with zero attached hydrogens (tertiary/aromatic N) is 1. The Labute approximate surface area is 118 Å². The van der Waals surface area contributed by atoms with Crippen molar-refractivity contribution in [2.75, 3.05) is 24.3 Å². The van der Waals surface area contributed by atoms with Crippen LogP contribution in [0, 0.1) is 0 Å². The molecule has 0 saturated heterocycles. The molecular weight excluding hydrogens is 258 g/mol. The topological polar surface area (TPSA) is 81.7 Å². The first kappa shape index (κ1) is 15.8. The lowest BCUT2D eigenvalue weighted by atomic mass is 10.00. The fraction of sp³-hybridized carbons (Fsp3) is 0.429. The number of rotatable bonds is 5. The van der Waals surface area contributed by atoms with Crippen molar-refractivity contribution in [3.63, 3.8) is 0 Å². The summed E-state index contributed by atoms with van der Waals surface area (Å²) in [5.74, 6) is -1.06. The summed E-state index contributed by atoms with van der Waals surface area (Å²) in [6, 6.07) is 6.76. The first-order valence-corrected chi connectivity index (χ1v) is 6.39. The summed E-state index contributed by atoms with van der Waals surface area (Å²) in [6.07, 6.45) is 0.297. The van der Waals surface area contributed by atoms with E-state index in [1.54, 1.807) is 19.1 Å². The molecule has 1 unspecified atom stereocenters. The minimum absolute atomic E-state index is 0.297. The third-order valence-corrected chi connectivity index (χ3v) is 3.20. The molecule has 0 aliphatic rings. The van der Waals surface area contributed by atoms with Crippen molar-refractivity contribution in [3.8, 4) is 0 Å². The summed E-state index contributed by atoms with van der Waals surface area (Å²) in [4.78, 5) is 25.0. The summed E-state index contributed by atoms with van der Waals surface area (Å²) in [5, 5.41) is 14.3. The Morgan fingerprint density at radius 3 is 2.40 bits per heavy atom. The molecule has 3 N–H and O–H groups in total. The van der Waals surface area contributed by atoms with Crippen molar-refractivity contribution < 1.29 is 14.7 Å². The van der Waals surface area contributed by atoms with E-state index >= 15 is 0 Å². The minimum atomic E-state index is -1.28. The predicted octanol–water partition coefficient (Wildman–Crippen LogP) is 2.13. The molecule has 6 nitrogen and oxygen atoms in total. The number of aliphatic carboxylic acids is 1. The van der Waals surface area contributed by atoms with Crippen LogP contribution >= 0.6 is 0 Å². The normalized spacial score (nSPS) is 13.2. The molecule has 6 heteroatoms. The van der Waals surface area contributed by atoms with Gasteiger partial charge in [0.25, 0.3) is 0 Å². The van der Waals surface area contributed by atoms with Crippen LogP contribution in [-0.4, -0.2) is 36.7 Å². The van der Waals surface area contributed by atoms with Crippen LogP contribution in [0.4, 0.5) is 16.2 Å². The Hall–Kier alpha value is -2.24. The molecule has 0 spiro atoms. The highest BCUT2D eigenvalue weighted by Gasteiger charge is 2.32. The number of hydrogen-bond acceptors (Lipinski definition) is 3. The maximum atomic E-state index is 12.0. The number of hydrogen-bond donors (Lipinski definition) is 3. The summed E-state index contributed by atoms with van der Waals surface area (Å²) in [6.45, 7) is 3.19. The van der Waals surface area contributed by atoms with E-state index in [1.165, 1.54) is 6.92 Å². The van der Waals surface area contributed by atoms with Gasteiger partial charge in [0, 0.05) is 14.1 Å². The largest absolute Gasteiger partial charge is 0.480 e. The Morgan fingerprint density at radius 1 is 1.30 bits per heavy atom. The molecule has 1 rings (SSSR count). The number of urea groups is 1. The van der Waals surface area contributed by atoms with E-state index in [9.17, 15) is 9.59 Å². The quantitative estimate of drug-likeness (QED) is 0.771. The fourth-order valence-electron chi connectivity index (χ4n) is 1.67. The number of nitrogens with one attached hydrogen (secondary N) is 2. The molecular formula is C14H21N3O3. The molecule has 1 atom stereocenters. The number of carbonyl (C=O) groups is 2. The Kier molecular flexibility index (Phi) is 4.96. The third-order valence-electron chi connectivity index (χ3n) is 3.20. The molecule has 0 aliphatic carbocycles. The highest BCUT2D eigenvalue weighted by Crippen LogP contribution is 2.23. The highest BCUT2D eigenvalue weighted by molar-refractivity contribution is 5.96. The number of benzene rings is 1. The van der Waals surface area contributed by atoms with Crippen LogP contribution in [0.25, 0.3) is 0 Å². The van der Waals surface area contributed by atoms with Crippen LogP contribution in [0.5, 0.6) is 0 Å². The standard InChI is InChI=1S/C14H21N3O3/c1-5-14(2,12(18)19)16-13(20)15-10-8-6-7-9-11(10)17(3)4/h6-9H,5H2,1-4H3,(H,18,19)(H2,15,16,20). The monoisotopic (exact) mass is 279 g/mol. The zero-order valence-corrected chi connectivity index (χ0v) is 12.2. The summed E-state index contributed by atoms with van der Waals surface area (Å²) < 4.78 is 0. The smallest absolute Gasteiger partial charge is 0.329 e. The van der Waals surface area contributed by atoms with E-state index in [1.807, 2.05) is 31.1 Å². The number of para-hydroxylation sites is 2. The minimum Gasteiger partial charge on any atom is -0.480 e. The number of carboxylic acids is 1. The lowest BCUT2D eigenvalue weighted by Gasteiger charge is -2.25. The van der Waals surface area contributed by atoms with Gasteiger partial charge >= 0.3 is 12.0 Å². The first-order chi connectivity index (χ1) is 9.30. The second-order valence-electron chi connectivity index (χ2n) is 4.98. The van der Waals surface area contributed by atoms with Gasteiger partial charge in [-0.1, -0.05) is 19.1 Å². The Bertz CT molecular complexity index is 502. The van der Waals surface area contributed by atoms with Gasteiger partial charge in [0.1, 0.15) is 5.54 Å². The van der Waals surface area contributed by atoms with Gasteiger partial charge in [-0.25, -0.2) is 9.59 Å². The zero-order chi connectivity index (χ0) is 15.3. The predicted molar refractivity (Wildman–Crippen MR) is 79.3 cm³/mol. The van der Waals surface area contributed by atoms with Crippen LogP contribution in [-0.2, 0) is 4.79 Å². The SMILES string of the molecule is CCC(C)(NC(=O)Nc1ccccc1N(C)C)C(=O)O. The lowest BCUT2D eigenvalue weighted by molar-refractivity contribution is -0.143. The second kappa shape index (κ2) is 6.27. The Morgan fingerprint density at radius 2 is 1.90 bits per heavy atom. The van der Waals surface area contributed by atoms with Gasteiger partial charge in [-0.05, 0) is 25.5 Å². The molecule has 1 aromatic carbocycles. The van der Waals surface area contributed by atoms with Crippen molar-refractivity contribution in [1.82, 2.24) is 5.32 Å². The van der Waals surface area contributed by atoms with E-state index in [0.29, 0.717) is 12.1 Å². The second-order valence-corrected chi connectivity index (χ2v) is 4.98. The molecule has 0 heterocycles. The van der Waals surface area contributed by atoms with Crippen LogP contribution in [0.1, 0.15) is 20.3 Å². The average molecular weight is 279 g/mol. The first-order valence-electron chi connectivity index (χ1n) is 6.39. The molecule has 1 aromatic rings. The van der Waals surface area contributed by atoms with Crippen molar-refractivity contribution >= 4 is 23.4 Å². The molecule has 110 valence electrons. The molecule has 20 heavy (non-hydrogen) atoms. The summed E-state index contributed by atoms with van der Waals surface area (Å²) in [5.41, 5.74) is 0.187. The van der Waals surface area contributed by atoms with E-state index < -0.39 is 17.5 Å². The van der Waals surface area contributed by atoms with Gasteiger partial charge in [0.05, 0.1) is 11.4 Å². The molecule has 0 aromatic heterocycles. The van der Waals surface area contributed by atoms with E-state index in [4.69, 9.17) is 5.11 Å². The van der Waals surface area contributed by atoms with Gasteiger partial charge in [-0.15, -0.1) is 0 Å². The number of anilines is 2. The van der Waals surface area contributed by atoms with Crippen molar-refractivity contribution in [1.29, 1.82) is 0 Å².